The molecule has 3 rings (SSSR count). The van der Waals surface area contributed by atoms with Gasteiger partial charge in [0, 0.05) is 19.5 Å². The quantitative estimate of drug-likeness (QED) is 0.710. The van der Waals surface area contributed by atoms with Gasteiger partial charge in [-0.25, -0.2) is 0 Å². The summed E-state index contributed by atoms with van der Waals surface area (Å²) >= 11 is 6.19. The number of nitrogens with one attached hydrogen (secondary N) is 1. The predicted molar refractivity (Wildman–Crippen MR) is 113 cm³/mol. The smallest absolute Gasteiger partial charge is 0.227 e. The van der Waals surface area contributed by atoms with Crippen molar-refractivity contribution in [3.05, 3.63) is 53.1 Å². The molecule has 2 aromatic carbocycles. The summed E-state index contributed by atoms with van der Waals surface area (Å²) in [5, 5.41) is 3.41. The van der Waals surface area contributed by atoms with Gasteiger partial charge in [-0.3, -0.25) is 9.59 Å². The average molecular weight is 417 g/mol. The number of benzene rings is 2. The molecule has 6 nitrogen and oxygen atoms in total. The van der Waals surface area contributed by atoms with Crippen LogP contribution < -0.4 is 19.7 Å². The molecule has 1 aliphatic rings. The first-order chi connectivity index (χ1) is 14.0. The van der Waals surface area contributed by atoms with Crippen LogP contribution in [0.4, 0.5) is 5.69 Å². The third-order valence-corrected chi connectivity index (χ3v) is 5.12. The summed E-state index contributed by atoms with van der Waals surface area (Å²) in [6.07, 6.45) is 1.08. The molecule has 2 aromatic rings. The normalized spacial score (nSPS) is 16.0. The summed E-state index contributed by atoms with van der Waals surface area (Å²) in [4.78, 5) is 26.6. The number of rotatable bonds is 8. The van der Waals surface area contributed by atoms with Gasteiger partial charge >= 0.3 is 0 Å². The lowest BCUT2D eigenvalue weighted by Gasteiger charge is -2.18. The van der Waals surface area contributed by atoms with Crippen LogP contribution in [0.3, 0.4) is 0 Å². The van der Waals surface area contributed by atoms with E-state index in [0.717, 1.165) is 12.0 Å². The Morgan fingerprint density at radius 2 is 2.03 bits per heavy atom. The Bertz CT molecular complexity index is 887. The van der Waals surface area contributed by atoms with Crippen LogP contribution in [0.1, 0.15) is 25.3 Å². The fraction of sp³-hybridized carbons (Fsp3) is 0.364. The molecule has 0 radical (unpaired) electrons. The second-order valence-corrected chi connectivity index (χ2v) is 7.32. The van der Waals surface area contributed by atoms with Gasteiger partial charge in [-0.05, 0) is 36.2 Å². The number of methoxy groups -OCH3 is 1. The first-order valence-corrected chi connectivity index (χ1v) is 10.0. The summed E-state index contributed by atoms with van der Waals surface area (Å²) < 4.78 is 11.0. The highest BCUT2D eigenvalue weighted by atomic mass is 35.5. The molecule has 1 heterocycles. The number of hydrogen-bond acceptors (Lipinski definition) is 4. The van der Waals surface area contributed by atoms with Crippen LogP contribution in [-0.2, 0) is 16.1 Å². The summed E-state index contributed by atoms with van der Waals surface area (Å²) in [6, 6.07) is 12.7. The van der Waals surface area contributed by atoms with E-state index >= 15 is 0 Å². The van der Waals surface area contributed by atoms with Gasteiger partial charge in [0.1, 0.15) is 0 Å². The van der Waals surface area contributed by atoms with Gasteiger partial charge in [0.25, 0.3) is 0 Å². The monoisotopic (exact) mass is 416 g/mol. The molecule has 154 valence electrons. The largest absolute Gasteiger partial charge is 0.493 e. The minimum Gasteiger partial charge on any atom is -0.493 e. The summed E-state index contributed by atoms with van der Waals surface area (Å²) in [6.45, 7) is 3.32. The van der Waals surface area contributed by atoms with Gasteiger partial charge in [-0.15, -0.1) is 0 Å². The maximum atomic E-state index is 12.6. The zero-order valence-electron chi connectivity index (χ0n) is 16.6. The van der Waals surface area contributed by atoms with E-state index < -0.39 is 5.92 Å². The standard InChI is InChI=1S/C22H25ClN2O4/c1-3-10-29-19-9-8-15(11-20(19)28-2)13-24-22(27)16-12-21(26)25(14-16)18-7-5-4-6-17(18)23/h4-9,11,16H,3,10,12-14H2,1-2H3,(H,24,27). The van der Waals surface area contributed by atoms with Crippen molar-refractivity contribution >= 4 is 29.1 Å². The molecule has 0 saturated carbocycles. The summed E-state index contributed by atoms with van der Waals surface area (Å²) in [5.74, 6) is 0.649. The Labute approximate surface area is 175 Å². The molecule has 1 aliphatic heterocycles. The van der Waals surface area contributed by atoms with Gasteiger partial charge in [0.15, 0.2) is 11.5 Å². The third kappa shape index (κ3) is 5.01. The van der Waals surface area contributed by atoms with Crippen molar-refractivity contribution in [1.82, 2.24) is 5.32 Å². The van der Waals surface area contributed by atoms with Crippen molar-refractivity contribution in [3.8, 4) is 11.5 Å². The van der Waals surface area contributed by atoms with E-state index in [2.05, 4.69) is 5.32 Å². The first-order valence-electron chi connectivity index (χ1n) is 9.65. The molecular weight excluding hydrogens is 392 g/mol. The van der Waals surface area contributed by atoms with Crippen molar-refractivity contribution in [2.45, 2.75) is 26.3 Å². The number of halogens is 1. The van der Waals surface area contributed by atoms with Crippen LogP contribution in [0, 0.1) is 5.92 Å². The number of amides is 2. The van der Waals surface area contributed by atoms with E-state index in [1.54, 1.807) is 24.1 Å². The molecule has 1 fully saturated rings. The van der Waals surface area contributed by atoms with Crippen molar-refractivity contribution in [2.75, 3.05) is 25.2 Å². The summed E-state index contributed by atoms with van der Waals surface area (Å²) in [5.41, 5.74) is 1.54. The number of anilines is 1. The van der Waals surface area contributed by atoms with Crippen molar-refractivity contribution < 1.29 is 19.1 Å². The van der Waals surface area contributed by atoms with Crippen LogP contribution in [-0.4, -0.2) is 32.1 Å². The first kappa shape index (κ1) is 21.0. The molecule has 1 N–H and O–H groups in total. The lowest BCUT2D eigenvalue weighted by Crippen LogP contribution is -2.32. The van der Waals surface area contributed by atoms with Gasteiger partial charge in [-0.2, -0.15) is 0 Å². The third-order valence-electron chi connectivity index (χ3n) is 4.80. The Hall–Kier alpha value is -2.73. The fourth-order valence-electron chi connectivity index (χ4n) is 3.27. The lowest BCUT2D eigenvalue weighted by molar-refractivity contribution is -0.126. The lowest BCUT2D eigenvalue weighted by atomic mass is 10.1. The second-order valence-electron chi connectivity index (χ2n) is 6.91. The highest BCUT2D eigenvalue weighted by molar-refractivity contribution is 6.33. The fourth-order valence-corrected chi connectivity index (χ4v) is 3.51. The summed E-state index contributed by atoms with van der Waals surface area (Å²) in [7, 11) is 1.59. The van der Waals surface area contributed by atoms with E-state index in [-0.39, 0.29) is 18.2 Å². The number of carbonyl (C=O) groups excluding carboxylic acids is 2. The van der Waals surface area contributed by atoms with Crippen LogP contribution in [0.15, 0.2) is 42.5 Å². The zero-order valence-corrected chi connectivity index (χ0v) is 17.4. The van der Waals surface area contributed by atoms with E-state index in [1.165, 1.54) is 0 Å². The van der Waals surface area contributed by atoms with Gasteiger partial charge < -0.3 is 19.7 Å². The second kappa shape index (κ2) is 9.65. The van der Waals surface area contributed by atoms with Crippen LogP contribution in [0.2, 0.25) is 5.02 Å². The van der Waals surface area contributed by atoms with Crippen LogP contribution in [0.25, 0.3) is 0 Å². The van der Waals surface area contributed by atoms with Gasteiger partial charge in [0.2, 0.25) is 11.8 Å². The molecule has 2 amide bonds. The topological polar surface area (TPSA) is 67.9 Å². The Balaban J connectivity index is 1.60. The Morgan fingerprint density at radius 1 is 1.24 bits per heavy atom. The number of carbonyl (C=O) groups is 2. The molecular formula is C22H25ClN2O4. The number of ether oxygens (including phenoxy) is 2. The number of nitrogens with zero attached hydrogens (tertiary/aromatic N) is 1. The maximum Gasteiger partial charge on any atom is 0.227 e. The molecule has 1 saturated heterocycles. The molecule has 7 heteroatoms. The molecule has 0 aliphatic carbocycles. The molecule has 1 atom stereocenters. The van der Waals surface area contributed by atoms with Gasteiger partial charge in [-0.1, -0.05) is 36.7 Å². The molecule has 1 unspecified atom stereocenters. The van der Waals surface area contributed by atoms with E-state index in [4.69, 9.17) is 21.1 Å². The van der Waals surface area contributed by atoms with Crippen molar-refractivity contribution in [3.63, 3.8) is 0 Å². The molecule has 0 aromatic heterocycles. The van der Waals surface area contributed by atoms with E-state index in [1.807, 2.05) is 37.3 Å². The molecule has 0 spiro atoms. The van der Waals surface area contributed by atoms with Crippen LogP contribution >= 0.6 is 11.6 Å². The predicted octanol–water partition coefficient (Wildman–Crippen LogP) is 3.81. The molecule has 29 heavy (non-hydrogen) atoms. The number of hydrogen-bond donors (Lipinski definition) is 1. The highest BCUT2D eigenvalue weighted by Crippen LogP contribution is 2.31. The average Bonchev–Trinajstić information content (AvgIpc) is 3.12. The van der Waals surface area contributed by atoms with Crippen LogP contribution in [0.5, 0.6) is 11.5 Å². The van der Waals surface area contributed by atoms with Crippen molar-refractivity contribution in [2.24, 2.45) is 5.92 Å². The maximum absolute atomic E-state index is 12.6. The minimum absolute atomic E-state index is 0.0997. The number of para-hydroxylation sites is 1. The van der Waals surface area contributed by atoms with E-state index in [0.29, 0.717) is 41.9 Å². The molecule has 0 bridgehead atoms. The highest BCUT2D eigenvalue weighted by Gasteiger charge is 2.35. The van der Waals surface area contributed by atoms with Crippen molar-refractivity contribution in [1.29, 1.82) is 0 Å². The van der Waals surface area contributed by atoms with Gasteiger partial charge in [0.05, 0.1) is 30.3 Å². The minimum atomic E-state index is -0.409. The Morgan fingerprint density at radius 3 is 2.76 bits per heavy atom. The van der Waals surface area contributed by atoms with E-state index in [9.17, 15) is 9.59 Å². The Kier molecular flexibility index (Phi) is 6.99. The zero-order chi connectivity index (χ0) is 20.8. The SMILES string of the molecule is CCCOc1ccc(CNC(=O)C2CC(=O)N(c3ccccc3Cl)C2)cc1OC.